The van der Waals surface area contributed by atoms with Crippen molar-refractivity contribution in [3.05, 3.63) is 29.8 Å². The van der Waals surface area contributed by atoms with Gasteiger partial charge in [-0.25, -0.2) is 0 Å². The zero-order chi connectivity index (χ0) is 13.9. The van der Waals surface area contributed by atoms with E-state index in [1.165, 1.54) is 5.56 Å². The number of aliphatic hydroxyl groups excluding tert-OH is 1. The van der Waals surface area contributed by atoms with Gasteiger partial charge in [-0.1, -0.05) is 45.4 Å². The molecule has 0 spiro atoms. The van der Waals surface area contributed by atoms with Crippen molar-refractivity contribution in [2.75, 3.05) is 6.61 Å². The van der Waals surface area contributed by atoms with Crippen molar-refractivity contribution in [1.29, 1.82) is 0 Å². The Hall–Kier alpha value is -1.02. The first-order valence-electron chi connectivity index (χ1n) is 7.38. The van der Waals surface area contributed by atoms with Crippen LogP contribution in [0.25, 0.3) is 0 Å². The Morgan fingerprint density at radius 1 is 1.32 bits per heavy atom. The number of fused-ring (bicyclic) bond motifs is 1. The van der Waals surface area contributed by atoms with Crippen molar-refractivity contribution < 1.29 is 9.84 Å². The van der Waals surface area contributed by atoms with Gasteiger partial charge in [0.25, 0.3) is 0 Å². The van der Waals surface area contributed by atoms with Gasteiger partial charge >= 0.3 is 0 Å². The molecule has 1 heterocycles. The lowest BCUT2D eigenvalue weighted by atomic mass is 9.83. The van der Waals surface area contributed by atoms with E-state index in [-0.39, 0.29) is 11.5 Å². The molecule has 0 aliphatic carbocycles. The maximum atomic E-state index is 10.1. The lowest BCUT2D eigenvalue weighted by Gasteiger charge is -2.28. The molecule has 106 valence electrons. The van der Waals surface area contributed by atoms with Crippen molar-refractivity contribution in [1.82, 2.24) is 0 Å². The van der Waals surface area contributed by atoms with Crippen LogP contribution in [0, 0.1) is 5.41 Å². The summed E-state index contributed by atoms with van der Waals surface area (Å²) in [4.78, 5) is 0. The molecule has 0 radical (unpaired) electrons. The van der Waals surface area contributed by atoms with Crippen LogP contribution >= 0.6 is 0 Å². The second-order valence-electron chi connectivity index (χ2n) is 6.68. The molecule has 0 fully saturated rings. The Balaban J connectivity index is 1.88. The Bertz CT molecular complexity index is 406. The molecule has 2 atom stereocenters. The zero-order valence-corrected chi connectivity index (χ0v) is 12.4. The van der Waals surface area contributed by atoms with Crippen LogP contribution in [0.3, 0.4) is 0 Å². The minimum absolute atomic E-state index is 0.00637. The number of ether oxygens (including phenoxy) is 1. The largest absolute Gasteiger partial charge is 0.493 e. The molecule has 2 rings (SSSR count). The van der Waals surface area contributed by atoms with Gasteiger partial charge in [-0.2, -0.15) is 0 Å². The average Bonchev–Trinajstić information content (AvgIpc) is 2.38. The predicted molar refractivity (Wildman–Crippen MR) is 78.6 cm³/mol. The maximum Gasteiger partial charge on any atom is 0.122 e. The molecule has 0 aromatic heterocycles. The number of rotatable bonds is 4. The number of benzene rings is 1. The van der Waals surface area contributed by atoms with E-state index >= 15 is 0 Å². The van der Waals surface area contributed by atoms with Gasteiger partial charge in [-0.3, -0.25) is 0 Å². The van der Waals surface area contributed by atoms with Gasteiger partial charge in [-0.05, 0) is 42.2 Å². The maximum absolute atomic E-state index is 10.1. The van der Waals surface area contributed by atoms with E-state index in [1.807, 2.05) is 6.07 Å². The molecule has 1 aliphatic rings. The zero-order valence-electron chi connectivity index (χ0n) is 12.4. The van der Waals surface area contributed by atoms with Crippen molar-refractivity contribution in [2.45, 2.75) is 58.5 Å². The van der Waals surface area contributed by atoms with Crippen LogP contribution in [0.2, 0.25) is 0 Å². The molecule has 2 heteroatoms. The first kappa shape index (κ1) is 14.4. The smallest absolute Gasteiger partial charge is 0.122 e. The lowest BCUT2D eigenvalue weighted by molar-refractivity contribution is 0.0527. The van der Waals surface area contributed by atoms with Gasteiger partial charge in [0, 0.05) is 0 Å². The van der Waals surface area contributed by atoms with Gasteiger partial charge in [0.15, 0.2) is 0 Å². The van der Waals surface area contributed by atoms with Crippen LogP contribution in [0.4, 0.5) is 0 Å². The second-order valence-corrected chi connectivity index (χ2v) is 6.68. The SMILES string of the molecule is CC(C)(C)C(O)CCCC1CCOc2ccccc21. The van der Waals surface area contributed by atoms with Crippen LogP contribution in [-0.4, -0.2) is 17.8 Å². The summed E-state index contributed by atoms with van der Waals surface area (Å²) in [6.07, 6.45) is 4.01. The van der Waals surface area contributed by atoms with Gasteiger partial charge in [0.05, 0.1) is 12.7 Å². The third-order valence-corrected chi connectivity index (χ3v) is 4.11. The lowest BCUT2D eigenvalue weighted by Crippen LogP contribution is -2.26. The predicted octanol–water partition coefficient (Wildman–Crippen LogP) is 4.13. The first-order chi connectivity index (χ1) is 8.98. The molecule has 0 saturated heterocycles. The summed E-state index contributed by atoms with van der Waals surface area (Å²) in [5.74, 6) is 1.65. The quantitative estimate of drug-likeness (QED) is 0.884. The van der Waals surface area contributed by atoms with Gasteiger partial charge in [0.2, 0.25) is 0 Å². The fourth-order valence-electron chi connectivity index (χ4n) is 2.71. The Kier molecular flexibility index (Phi) is 4.51. The normalized spacial score (nSPS) is 20.5. The van der Waals surface area contributed by atoms with Gasteiger partial charge in [-0.15, -0.1) is 0 Å². The highest BCUT2D eigenvalue weighted by atomic mass is 16.5. The molecule has 0 amide bonds. The monoisotopic (exact) mass is 262 g/mol. The van der Waals surface area contributed by atoms with E-state index < -0.39 is 0 Å². The number of para-hydroxylation sites is 1. The summed E-state index contributed by atoms with van der Waals surface area (Å²) in [7, 11) is 0. The Morgan fingerprint density at radius 2 is 2.05 bits per heavy atom. The minimum atomic E-state index is -0.206. The van der Waals surface area contributed by atoms with E-state index in [9.17, 15) is 5.11 Å². The summed E-state index contributed by atoms with van der Waals surface area (Å²) in [5, 5.41) is 10.1. The Morgan fingerprint density at radius 3 is 2.79 bits per heavy atom. The van der Waals surface area contributed by atoms with E-state index in [1.54, 1.807) is 0 Å². The second kappa shape index (κ2) is 5.96. The molecule has 0 bridgehead atoms. The van der Waals surface area contributed by atoms with Crippen LogP contribution in [0.15, 0.2) is 24.3 Å². The topological polar surface area (TPSA) is 29.5 Å². The van der Waals surface area contributed by atoms with E-state index in [0.717, 1.165) is 38.0 Å². The summed E-state index contributed by atoms with van der Waals surface area (Å²) < 4.78 is 5.69. The molecular formula is C17H26O2. The average molecular weight is 262 g/mol. The Labute approximate surface area is 116 Å². The van der Waals surface area contributed by atoms with Crippen molar-refractivity contribution in [2.24, 2.45) is 5.41 Å². The molecule has 1 aliphatic heterocycles. The van der Waals surface area contributed by atoms with Gasteiger partial charge in [0.1, 0.15) is 5.75 Å². The number of hydrogen-bond acceptors (Lipinski definition) is 2. The van der Waals surface area contributed by atoms with E-state index in [0.29, 0.717) is 5.92 Å². The fourth-order valence-corrected chi connectivity index (χ4v) is 2.71. The van der Waals surface area contributed by atoms with E-state index in [2.05, 4.69) is 39.0 Å². The van der Waals surface area contributed by atoms with Crippen LogP contribution < -0.4 is 4.74 Å². The molecular weight excluding hydrogens is 236 g/mol. The molecule has 2 nitrogen and oxygen atoms in total. The van der Waals surface area contributed by atoms with Gasteiger partial charge < -0.3 is 9.84 Å². The van der Waals surface area contributed by atoms with Crippen molar-refractivity contribution >= 4 is 0 Å². The molecule has 1 aromatic rings. The van der Waals surface area contributed by atoms with Crippen LogP contribution in [0.1, 0.15) is 57.9 Å². The van der Waals surface area contributed by atoms with Crippen molar-refractivity contribution in [3.8, 4) is 5.75 Å². The molecule has 19 heavy (non-hydrogen) atoms. The fraction of sp³-hybridized carbons (Fsp3) is 0.647. The third-order valence-electron chi connectivity index (χ3n) is 4.11. The highest BCUT2D eigenvalue weighted by Crippen LogP contribution is 2.37. The third kappa shape index (κ3) is 3.73. The highest BCUT2D eigenvalue weighted by Gasteiger charge is 2.24. The summed E-state index contributed by atoms with van der Waals surface area (Å²) >= 11 is 0. The molecule has 0 saturated carbocycles. The number of hydrogen-bond donors (Lipinski definition) is 1. The number of aliphatic hydroxyl groups is 1. The molecule has 2 unspecified atom stereocenters. The first-order valence-corrected chi connectivity index (χ1v) is 7.38. The standard InChI is InChI=1S/C17H26O2/c1-17(2,3)16(18)10-6-7-13-11-12-19-15-9-5-4-8-14(13)15/h4-5,8-9,13,16,18H,6-7,10-12H2,1-3H3. The summed E-state index contributed by atoms with van der Waals surface area (Å²) in [6, 6.07) is 8.36. The summed E-state index contributed by atoms with van der Waals surface area (Å²) in [6.45, 7) is 7.12. The van der Waals surface area contributed by atoms with E-state index in [4.69, 9.17) is 4.74 Å². The molecule has 1 aromatic carbocycles. The summed E-state index contributed by atoms with van der Waals surface area (Å²) in [5.41, 5.74) is 1.34. The molecule has 1 N–H and O–H groups in total. The van der Waals surface area contributed by atoms with Crippen LogP contribution in [0.5, 0.6) is 5.75 Å². The minimum Gasteiger partial charge on any atom is -0.493 e. The highest BCUT2D eigenvalue weighted by molar-refractivity contribution is 5.37. The van der Waals surface area contributed by atoms with Crippen molar-refractivity contribution in [3.63, 3.8) is 0 Å². The van der Waals surface area contributed by atoms with Crippen LogP contribution in [-0.2, 0) is 0 Å².